The van der Waals surface area contributed by atoms with Crippen molar-refractivity contribution in [1.29, 1.82) is 0 Å². The zero-order valence-corrected chi connectivity index (χ0v) is 14.2. The molecule has 3 rings (SSSR count). The lowest BCUT2D eigenvalue weighted by Gasteiger charge is -2.22. The largest absolute Gasteiger partial charge is 0.464 e. The lowest BCUT2D eigenvalue weighted by Crippen LogP contribution is -2.41. The number of hydrogen-bond acceptors (Lipinski definition) is 4. The number of amides is 3. The number of hydrogen-bond donors (Lipinski definition) is 1. The lowest BCUT2D eigenvalue weighted by molar-refractivity contribution is -0.149. The van der Waals surface area contributed by atoms with Crippen LogP contribution in [0.2, 0.25) is 0 Å². The van der Waals surface area contributed by atoms with Gasteiger partial charge in [0, 0.05) is 0 Å². The Kier molecular flexibility index (Phi) is 4.88. The fourth-order valence-electron chi connectivity index (χ4n) is 3.20. The second-order valence-corrected chi connectivity index (χ2v) is 6.65. The highest BCUT2D eigenvalue weighted by atomic mass is 16.5. The molecule has 1 aliphatic heterocycles. The van der Waals surface area contributed by atoms with Gasteiger partial charge in [0.1, 0.15) is 12.1 Å². The number of nitrogens with one attached hydrogen (secondary N) is 1. The van der Waals surface area contributed by atoms with E-state index in [1.165, 1.54) is 0 Å². The summed E-state index contributed by atoms with van der Waals surface area (Å²) in [4.78, 5) is 37.9. The number of ether oxygens (including phenoxy) is 1. The van der Waals surface area contributed by atoms with Gasteiger partial charge >= 0.3 is 12.0 Å². The van der Waals surface area contributed by atoms with Crippen LogP contribution >= 0.6 is 0 Å². The van der Waals surface area contributed by atoms with Crippen molar-refractivity contribution in [2.75, 3.05) is 13.2 Å². The number of urea groups is 1. The monoisotopic (exact) mass is 342 g/mol. The number of allylic oxidation sites excluding steroid dienone is 2. The molecule has 6 nitrogen and oxygen atoms in total. The van der Waals surface area contributed by atoms with E-state index in [0.717, 1.165) is 24.2 Å². The summed E-state index contributed by atoms with van der Waals surface area (Å²) < 4.78 is 5.27. The molecule has 1 aromatic rings. The van der Waals surface area contributed by atoms with Crippen molar-refractivity contribution in [2.24, 2.45) is 5.92 Å². The van der Waals surface area contributed by atoms with Crippen LogP contribution in [0.1, 0.15) is 31.7 Å². The first-order chi connectivity index (χ1) is 12.0. The van der Waals surface area contributed by atoms with Gasteiger partial charge in [0.2, 0.25) is 0 Å². The fourth-order valence-corrected chi connectivity index (χ4v) is 3.20. The maximum atomic E-state index is 12.7. The summed E-state index contributed by atoms with van der Waals surface area (Å²) in [7, 11) is 0. The third-order valence-corrected chi connectivity index (χ3v) is 4.77. The zero-order chi connectivity index (χ0) is 17.9. The Morgan fingerprint density at radius 2 is 2.04 bits per heavy atom. The predicted molar refractivity (Wildman–Crippen MR) is 91.5 cm³/mol. The quantitative estimate of drug-likeness (QED) is 0.506. The van der Waals surface area contributed by atoms with Crippen LogP contribution in [0.15, 0.2) is 42.5 Å². The molecule has 1 aromatic carbocycles. The molecule has 6 heteroatoms. The van der Waals surface area contributed by atoms with Crippen LogP contribution in [-0.4, -0.2) is 36.0 Å². The Hall–Kier alpha value is -2.63. The van der Waals surface area contributed by atoms with Gasteiger partial charge in [0.05, 0.1) is 6.61 Å². The van der Waals surface area contributed by atoms with Crippen molar-refractivity contribution in [1.82, 2.24) is 10.2 Å². The van der Waals surface area contributed by atoms with Gasteiger partial charge in [-0.2, -0.15) is 0 Å². The van der Waals surface area contributed by atoms with E-state index in [4.69, 9.17) is 4.74 Å². The van der Waals surface area contributed by atoms with Crippen LogP contribution in [0.3, 0.4) is 0 Å². The van der Waals surface area contributed by atoms with Crippen LogP contribution in [0.4, 0.5) is 4.79 Å². The minimum Gasteiger partial charge on any atom is -0.464 e. The molecule has 0 radical (unpaired) electrons. The summed E-state index contributed by atoms with van der Waals surface area (Å²) in [6, 6.07) is 8.41. The van der Waals surface area contributed by atoms with Gasteiger partial charge in [-0.15, -0.1) is 0 Å². The predicted octanol–water partition coefficient (Wildman–Crippen LogP) is 2.35. The first-order valence-electron chi connectivity index (χ1n) is 8.51. The second-order valence-electron chi connectivity index (χ2n) is 6.65. The summed E-state index contributed by atoms with van der Waals surface area (Å²) in [5, 5.41) is 2.68. The number of esters is 1. The van der Waals surface area contributed by atoms with E-state index in [1.807, 2.05) is 6.07 Å². The van der Waals surface area contributed by atoms with Gasteiger partial charge < -0.3 is 10.1 Å². The van der Waals surface area contributed by atoms with Crippen molar-refractivity contribution in [3.05, 3.63) is 48.0 Å². The first-order valence-corrected chi connectivity index (χ1v) is 8.51. The summed E-state index contributed by atoms with van der Waals surface area (Å²) in [6.45, 7) is 1.60. The Morgan fingerprint density at radius 3 is 2.72 bits per heavy atom. The molecule has 1 heterocycles. The van der Waals surface area contributed by atoms with E-state index >= 15 is 0 Å². The van der Waals surface area contributed by atoms with E-state index < -0.39 is 23.4 Å². The molecule has 0 bridgehead atoms. The van der Waals surface area contributed by atoms with Gasteiger partial charge in [-0.3, -0.25) is 14.5 Å². The molecule has 132 valence electrons. The Bertz CT molecular complexity index is 701. The van der Waals surface area contributed by atoms with E-state index in [1.54, 1.807) is 31.2 Å². The molecule has 0 saturated carbocycles. The highest BCUT2D eigenvalue weighted by molar-refractivity contribution is 6.08. The molecule has 0 aromatic heterocycles. The van der Waals surface area contributed by atoms with E-state index in [2.05, 4.69) is 17.5 Å². The number of rotatable bonds is 5. The van der Waals surface area contributed by atoms with Crippen molar-refractivity contribution in [3.63, 3.8) is 0 Å². The van der Waals surface area contributed by atoms with E-state index in [-0.39, 0.29) is 6.54 Å². The fraction of sp³-hybridized carbons (Fsp3) is 0.421. The minimum absolute atomic E-state index is 0.312. The average Bonchev–Trinajstić information content (AvgIpc) is 2.86. The first kappa shape index (κ1) is 17.2. The number of carbonyl (C=O) groups excluding carboxylic acids is 3. The Morgan fingerprint density at radius 1 is 1.28 bits per heavy atom. The maximum absolute atomic E-state index is 12.7. The average molecular weight is 342 g/mol. The van der Waals surface area contributed by atoms with Crippen LogP contribution in [0.5, 0.6) is 0 Å². The molecule has 3 amide bonds. The topological polar surface area (TPSA) is 75.7 Å². The third kappa shape index (κ3) is 3.57. The summed E-state index contributed by atoms with van der Waals surface area (Å²) in [6.07, 6.45) is 7.08. The highest BCUT2D eigenvalue weighted by Gasteiger charge is 2.49. The zero-order valence-electron chi connectivity index (χ0n) is 14.2. The van der Waals surface area contributed by atoms with Gasteiger partial charge in [-0.25, -0.2) is 4.79 Å². The molecule has 1 N–H and O–H groups in total. The highest BCUT2D eigenvalue weighted by Crippen LogP contribution is 2.28. The van der Waals surface area contributed by atoms with Crippen LogP contribution in [0.25, 0.3) is 0 Å². The van der Waals surface area contributed by atoms with Crippen molar-refractivity contribution in [2.45, 2.75) is 31.7 Å². The normalized spacial score (nSPS) is 25.8. The standard InChI is InChI=1S/C19H22N2O4/c1-19(15-10-6-3-7-11-15)17(23)21(18(24)20-19)12-16(22)25-13-14-8-4-2-5-9-14/h2-4,6-7,10-11,14H,5,8-9,12-13H2,1H3,(H,20,24)/t14-,19+/m1/s1. The van der Waals surface area contributed by atoms with E-state index in [0.29, 0.717) is 18.1 Å². The van der Waals surface area contributed by atoms with Crippen LogP contribution in [-0.2, 0) is 19.9 Å². The maximum Gasteiger partial charge on any atom is 0.326 e. The molecule has 2 atom stereocenters. The van der Waals surface area contributed by atoms with Crippen molar-refractivity contribution >= 4 is 17.9 Å². The molecule has 1 fully saturated rings. The van der Waals surface area contributed by atoms with Gasteiger partial charge in [-0.1, -0.05) is 42.5 Å². The molecule has 2 aliphatic rings. The third-order valence-electron chi connectivity index (χ3n) is 4.77. The summed E-state index contributed by atoms with van der Waals surface area (Å²) in [5.74, 6) is -0.691. The number of benzene rings is 1. The lowest BCUT2D eigenvalue weighted by atomic mass is 9.92. The second kappa shape index (κ2) is 7.09. The molecule has 0 unspecified atom stereocenters. The van der Waals surface area contributed by atoms with Gasteiger partial charge in [0.15, 0.2) is 0 Å². The Balaban J connectivity index is 1.61. The number of nitrogens with zero attached hydrogens (tertiary/aromatic N) is 1. The van der Waals surface area contributed by atoms with Crippen LogP contribution < -0.4 is 5.32 Å². The molecule has 0 spiro atoms. The number of imide groups is 1. The van der Waals surface area contributed by atoms with Crippen molar-refractivity contribution in [3.8, 4) is 0 Å². The van der Waals surface area contributed by atoms with Gasteiger partial charge in [-0.05, 0) is 37.7 Å². The summed E-state index contributed by atoms with van der Waals surface area (Å²) >= 11 is 0. The Labute approximate surface area is 146 Å². The summed E-state index contributed by atoms with van der Waals surface area (Å²) in [5.41, 5.74) is -0.481. The molecular weight excluding hydrogens is 320 g/mol. The molecule has 25 heavy (non-hydrogen) atoms. The SMILES string of the molecule is C[C@@]1(c2ccccc2)NC(=O)N(CC(=O)OC[C@@H]2CC=CCC2)C1=O. The molecule has 1 saturated heterocycles. The van der Waals surface area contributed by atoms with Crippen LogP contribution in [0, 0.1) is 5.92 Å². The minimum atomic E-state index is -1.16. The van der Waals surface area contributed by atoms with Crippen molar-refractivity contribution < 1.29 is 19.1 Å². The van der Waals surface area contributed by atoms with Gasteiger partial charge in [0.25, 0.3) is 5.91 Å². The molecule has 1 aliphatic carbocycles. The number of carbonyl (C=O) groups is 3. The molecular formula is C19H22N2O4. The van der Waals surface area contributed by atoms with E-state index in [9.17, 15) is 14.4 Å². The smallest absolute Gasteiger partial charge is 0.326 e.